The van der Waals surface area contributed by atoms with Crippen LogP contribution < -0.4 is 5.32 Å². The minimum atomic E-state index is -0.428. The smallest absolute Gasteiger partial charge is 0.104 e. The molecule has 0 saturated heterocycles. The van der Waals surface area contributed by atoms with Gasteiger partial charge in [0.2, 0.25) is 0 Å². The van der Waals surface area contributed by atoms with Crippen LogP contribution in [0.2, 0.25) is 0 Å². The molecule has 0 aliphatic carbocycles. The Kier molecular flexibility index (Phi) is 8.18. The molecule has 0 aromatic heterocycles. The highest BCUT2D eigenvalue weighted by Crippen LogP contribution is 2.11. The zero-order valence-corrected chi connectivity index (χ0v) is 10.9. The SMILES string of the molecule is CCNC(C)(C#N)CCCOC(C)COC. The fourth-order valence-corrected chi connectivity index (χ4v) is 1.57. The van der Waals surface area contributed by atoms with Crippen molar-refractivity contribution in [3.63, 3.8) is 0 Å². The van der Waals surface area contributed by atoms with E-state index in [1.165, 1.54) is 0 Å². The summed E-state index contributed by atoms with van der Waals surface area (Å²) in [5, 5.41) is 12.2. The van der Waals surface area contributed by atoms with Gasteiger partial charge in [0.25, 0.3) is 0 Å². The zero-order valence-electron chi connectivity index (χ0n) is 10.9. The average Bonchev–Trinajstić information content (AvgIpc) is 2.25. The number of rotatable bonds is 9. The van der Waals surface area contributed by atoms with E-state index in [-0.39, 0.29) is 6.10 Å². The van der Waals surface area contributed by atoms with Gasteiger partial charge in [-0.05, 0) is 33.2 Å². The first kappa shape index (κ1) is 15.4. The van der Waals surface area contributed by atoms with Crippen molar-refractivity contribution in [3.8, 4) is 6.07 Å². The molecule has 2 atom stereocenters. The number of hydrogen-bond donors (Lipinski definition) is 1. The predicted molar refractivity (Wildman–Crippen MR) is 64.2 cm³/mol. The van der Waals surface area contributed by atoms with E-state index in [0.29, 0.717) is 13.2 Å². The van der Waals surface area contributed by atoms with E-state index in [4.69, 9.17) is 14.7 Å². The monoisotopic (exact) mass is 228 g/mol. The first-order chi connectivity index (χ1) is 7.58. The third kappa shape index (κ3) is 6.78. The van der Waals surface area contributed by atoms with Crippen molar-refractivity contribution in [1.82, 2.24) is 5.32 Å². The topological polar surface area (TPSA) is 54.3 Å². The van der Waals surface area contributed by atoms with Gasteiger partial charge in [0.05, 0.1) is 18.8 Å². The maximum absolute atomic E-state index is 9.04. The fourth-order valence-electron chi connectivity index (χ4n) is 1.57. The van der Waals surface area contributed by atoms with E-state index in [9.17, 15) is 0 Å². The number of methoxy groups -OCH3 is 1. The number of nitriles is 1. The second-order valence-corrected chi connectivity index (χ2v) is 4.21. The summed E-state index contributed by atoms with van der Waals surface area (Å²) in [6.07, 6.45) is 1.81. The molecule has 1 N–H and O–H groups in total. The van der Waals surface area contributed by atoms with E-state index >= 15 is 0 Å². The molecule has 0 rings (SSSR count). The fraction of sp³-hybridized carbons (Fsp3) is 0.917. The Bertz CT molecular complexity index is 216. The van der Waals surface area contributed by atoms with Crippen LogP contribution >= 0.6 is 0 Å². The molecule has 0 fully saturated rings. The summed E-state index contributed by atoms with van der Waals surface area (Å²) in [4.78, 5) is 0. The quantitative estimate of drug-likeness (QED) is 0.610. The maximum Gasteiger partial charge on any atom is 0.104 e. The first-order valence-electron chi connectivity index (χ1n) is 5.84. The summed E-state index contributed by atoms with van der Waals surface area (Å²) in [5.41, 5.74) is -0.428. The number of hydrogen-bond acceptors (Lipinski definition) is 4. The van der Waals surface area contributed by atoms with Crippen LogP contribution in [0, 0.1) is 11.3 Å². The lowest BCUT2D eigenvalue weighted by Gasteiger charge is -2.22. The van der Waals surface area contributed by atoms with Crippen molar-refractivity contribution in [3.05, 3.63) is 0 Å². The van der Waals surface area contributed by atoms with Crippen molar-refractivity contribution in [2.24, 2.45) is 0 Å². The highest BCUT2D eigenvalue weighted by molar-refractivity contribution is 5.03. The molecule has 94 valence electrons. The number of ether oxygens (including phenoxy) is 2. The lowest BCUT2D eigenvalue weighted by molar-refractivity contribution is 0.00661. The van der Waals surface area contributed by atoms with Gasteiger partial charge < -0.3 is 9.47 Å². The van der Waals surface area contributed by atoms with Crippen molar-refractivity contribution < 1.29 is 9.47 Å². The third-order valence-electron chi connectivity index (χ3n) is 2.44. The van der Waals surface area contributed by atoms with Gasteiger partial charge in [0.15, 0.2) is 0 Å². The predicted octanol–water partition coefficient (Wildman–Crippen LogP) is 1.71. The van der Waals surface area contributed by atoms with Gasteiger partial charge in [0, 0.05) is 13.7 Å². The van der Waals surface area contributed by atoms with Crippen LogP contribution in [-0.4, -0.2) is 38.5 Å². The minimum Gasteiger partial charge on any atom is -0.382 e. The highest BCUT2D eigenvalue weighted by Gasteiger charge is 2.21. The zero-order chi connectivity index (χ0) is 12.4. The molecule has 4 heteroatoms. The van der Waals surface area contributed by atoms with Crippen molar-refractivity contribution in [2.45, 2.75) is 45.3 Å². The summed E-state index contributed by atoms with van der Waals surface area (Å²) >= 11 is 0. The van der Waals surface area contributed by atoms with Gasteiger partial charge in [-0.25, -0.2) is 0 Å². The molecule has 0 amide bonds. The van der Waals surface area contributed by atoms with Crippen molar-refractivity contribution in [2.75, 3.05) is 26.9 Å². The molecule has 0 spiro atoms. The Hall–Kier alpha value is -0.630. The standard InChI is InChI=1S/C12H24N2O2/c1-5-14-12(3,10-13)7-6-8-16-11(2)9-15-4/h11,14H,5-9H2,1-4H3. The summed E-state index contributed by atoms with van der Waals surface area (Å²) in [7, 11) is 1.66. The normalized spacial score (nSPS) is 16.4. The van der Waals surface area contributed by atoms with Gasteiger partial charge >= 0.3 is 0 Å². The van der Waals surface area contributed by atoms with Gasteiger partial charge in [-0.15, -0.1) is 0 Å². The van der Waals surface area contributed by atoms with Crippen LogP contribution in [-0.2, 0) is 9.47 Å². The molecule has 4 nitrogen and oxygen atoms in total. The molecule has 0 heterocycles. The van der Waals surface area contributed by atoms with E-state index in [1.807, 2.05) is 20.8 Å². The molecular weight excluding hydrogens is 204 g/mol. The Morgan fingerprint density at radius 3 is 2.69 bits per heavy atom. The molecular formula is C12H24N2O2. The lowest BCUT2D eigenvalue weighted by atomic mass is 9.98. The average molecular weight is 228 g/mol. The van der Waals surface area contributed by atoms with Gasteiger partial charge in [-0.3, -0.25) is 5.32 Å². The van der Waals surface area contributed by atoms with Crippen LogP contribution in [0.4, 0.5) is 0 Å². The summed E-state index contributed by atoms with van der Waals surface area (Å²) < 4.78 is 10.5. The van der Waals surface area contributed by atoms with E-state index in [0.717, 1.165) is 19.4 Å². The Labute approximate surface area is 98.9 Å². The van der Waals surface area contributed by atoms with E-state index in [2.05, 4.69) is 11.4 Å². The van der Waals surface area contributed by atoms with E-state index < -0.39 is 5.54 Å². The van der Waals surface area contributed by atoms with Crippen LogP contribution in [0.3, 0.4) is 0 Å². The molecule has 0 aliphatic heterocycles. The number of nitrogens with one attached hydrogen (secondary N) is 1. The molecule has 0 bridgehead atoms. The van der Waals surface area contributed by atoms with Gasteiger partial charge in [-0.2, -0.15) is 5.26 Å². The molecule has 0 aliphatic rings. The van der Waals surface area contributed by atoms with Crippen LogP contribution in [0.5, 0.6) is 0 Å². The van der Waals surface area contributed by atoms with E-state index in [1.54, 1.807) is 7.11 Å². The molecule has 2 unspecified atom stereocenters. The minimum absolute atomic E-state index is 0.123. The lowest BCUT2D eigenvalue weighted by Crippen LogP contribution is -2.40. The second kappa shape index (κ2) is 8.51. The van der Waals surface area contributed by atoms with Crippen LogP contribution in [0.1, 0.15) is 33.6 Å². The first-order valence-corrected chi connectivity index (χ1v) is 5.84. The molecule has 0 aromatic rings. The Balaban J connectivity index is 3.68. The maximum atomic E-state index is 9.04. The largest absolute Gasteiger partial charge is 0.382 e. The summed E-state index contributed by atoms with van der Waals surface area (Å²) in [5.74, 6) is 0. The second-order valence-electron chi connectivity index (χ2n) is 4.21. The molecule has 0 aromatic carbocycles. The summed E-state index contributed by atoms with van der Waals surface area (Å²) in [6, 6.07) is 2.30. The van der Waals surface area contributed by atoms with Gasteiger partial charge in [-0.1, -0.05) is 6.92 Å². The molecule has 0 saturated carbocycles. The molecule has 0 radical (unpaired) electrons. The summed E-state index contributed by atoms with van der Waals surface area (Å²) in [6.45, 7) is 8.01. The van der Waals surface area contributed by atoms with Gasteiger partial charge in [0.1, 0.15) is 5.54 Å². The Morgan fingerprint density at radius 1 is 1.50 bits per heavy atom. The third-order valence-corrected chi connectivity index (χ3v) is 2.44. The van der Waals surface area contributed by atoms with Crippen LogP contribution in [0.25, 0.3) is 0 Å². The highest BCUT2D eigenvalue weighted by atomic mass is 16.5. The number of nitrogens with zero attached hydrogens (tertiary/aromatic N) is 1. The Morgan fingerprint density at radius 2 is 2.19 bits per heavy atom. The van der Waals surface area contributed by atoms with Crippen LogP contribution in [0.15, 0.2) is 0 Å². The van der Waals surface area contributed by atoms with Crippen molar-refractivity contribution in [1.29, 1.82) is 5.26 Å². The molecule has 16 heavy (non-hydrogen) atoms. The van der Waals surface area contributed by atoms with Crippen molar-refractivity contribution >= 4 is 0 Å².